The number of carboxylic acids is 1. The summed E-state index contributed by atoms with van der Waals surface area (Å²) in [7, 11) is 0. The smallest absolute Gasteiger partial charge is 0.325 e. The fourth-order valence-electron chi connectivity index (χ4n) is 2.49. The molecule has 3 rings (SSSR count). The van der Waals surface area contributed by atoms with Gasteiger partial charge >= 0.3 is 5.97 Å². The van der Waals surface area contributed by atoms with Crippen LogP contribution in [0.25, 0.3) is 17.4 Å². The van der Waals surface area contributed by atoms with Crippen LogP contribution in [-0.4, -0.2) is 44.7 Å². The van der Waals surface area contributed by atoms with E-state index < -0.39 is 23.8 Å². The maximum atomic E-state index is 12.6. The summed E-state index contributed by atoms with van der Waals surface area (Å²) >= 11 is 12.4. The van der Waals surface area contributed by atoms with Gasteiger partial charge in [-0.1, -0.05) is 47.7 Å². The first-order valence-corrected chi connectivity index (χ1v) is 9.99. The Kier molecular flexibility index (Phi) is 6.41. The average molecular weight is 451 g/mol. The number of amides is 2. The highest BCUT2D eigenvalue weighted by atomic mass is 35.5. The topological polar surface area (TPSA) is 99.9 Å². The molecule has 1 atom stereocenters. The van der Waals surface area contributed by atoms with Crippen LogP contribution in [0.15, 0.2) is 45.7 Å². The minimum Gasteiger partial charge on any atom is -0.480 e. The molecule has 1 aliphatic rings. The zero-order chi connectivity index (χ0) is 21.1. The lowest BCUT2D eigenvalue weighted by molar-refractivity contribution is -0.141. The number of hydrogen-bond acceptors (Lipinski definition) is 6. The molecule has 2 N–H and O–H groups in total. The fraction of sp³-hybridized carbons (Fsp3) is 0.158. The van der Waals surface area contributed by atoms with Crippen molar-refractivity contribution >= 4 is 63.8 Å². The summed E-state index contributed by atoms with van der Waals surface area (Å²) in [6.07, 6.45) is 1.54. The van der Waals surface area contributed by atoms with Crippen LogP contribution in [0.2, 0.25) is 5.02 Å². The van der Waals surface area contributed by atoms with Gasteiger partial charge in [0, 0.05) is 11.6 Å². The third-order valence-electron chi connectivity index (χ3n) is 3.96. The first-order chi connectivity index (χ1) is 13.8. The number of benzene rings is 1. The van der Waals surface area contributed by atoms with Crippen LogP contribution in [0.4, 0.5) is 0 Å². The van der Waals surface area contributed by atoms with Gasteiger partial charge in [-0.25, -0.2) is 0 Å². The summed E-state index contributed by atoms with van der Waals surface area (Å²) in [5, 5.41) is 11.7. The number of carbonyl (C=O) groups excluding carboxylic acids is 2. The van der Waals surface area contributed by atoms with Crippen LogP contribution in [0.3, 0.4) is 0 Å². The molecule has 1 aromatic heterocycles. The lowest BCUT2D eigenvalue weighted by Gasteiger charge is -2.15. The van der Waals surface area contributed by atoms with Gasteiger partial charge in [0.1, 0.15) is 28.4 Å². The van der Waals surface area contributed by atoms with Crippen molar-refractivity contribution in [3.63, 3.8) is 0 Å². The zero-order valence-electron chi connectivity index (χ0n) is 15.0. The van der Waals surface area contributed by atoms with Crippen molar-refractivity contribution in [2.45, 2.75) is 13.0 Å². The van der Waals surface area contributed by atoms with Gasteiger partial charge in [-0.05, 0) is 31.2 Å². The van der Waals surface area contributed by atoms with E-state index in [4.69, 9.17) is 33.3 Å². The molecule has 10 heteroatoms. The molecule has 7 nitrogen and oxygen atoms in total. The summed E-state index contributed by atoms with van der Waals surface area (Å²) in [6.45, 7) is 0.973. The van der Waals surface area contributed by atoms with E-state index in [0.29, 0.717) is 21.4 Å². The molecule has 1 unspecified atom stereocenters. The standard InChI is InChI=1S/C19H15ClN2O5S2/c1-10(18(25)26)21-16(23)9-22-17(24)15(29-19(22)28)8-11-6-7-14(27-11)12-4-2-3-5-13(12)20/h2-8,10H,9H2,1H3,(H,21,23)(H,25,26)/b15-8-. The average Bonchev–Trinajstić information content (AvgIpc) is 3.22. The molecule has 1 fully saturated rings. The number of thioether (sulfide) groups is 1. The SMILES string of the molecule is CC(NC(=O)CN1C(=O)/C(=C/c2ccc(-c3ccccc3Cl)o2)SC1=S)C(=O)O. The Balaban J connectivity index is 1.73. The lowest BCUT2D eigenvalue weighted by atomic mass is 10.2. The Morgan fingerprint density at radius 2 is 2.07 bits per heavy atom. The van der Waals surface area contributed by atoms with Crippen LogP contribution >= 0.6 is 35.6 Å². The number of nitrogens with one attached hydrogen (secondary N) is 1. The van der Waals surface area contributed by atoms with E-state index in [1.165, 1.54) is 13.0 Å². The summed E-state index contributed by atoms with van der Waals surface area (Å²) in [5.74, 6) is -1.25. The number of halogens is 1. The van der Waals surface area contributed by atoms with Crippen LogP contribution in [-0.2, 0) is 14.4 Å². The number of carboxylic acid groups (broad SMARTS) is 1. The molecule has 0 bridgehead atoms. The molecule has 2 heterocycles. The summed E-state index contributed by atoms with van der Waals surface area (Å²) < 4.78 is 5.96. The summed E-state index contributed by atoms with van der Waals surface area (Å²) in [6, 6.07) is 9.60. The van der Waals surface area contributed by atoms with Crippen molar-refractivity contribution in [2.24, 2.45) is 0 Å². The number of nitrogens with zero attached hydrogens (tertiary/aromatic N) is 1. The Morgan fingerprint density at radius 1 is 1.34 bits per heavy atom. The van der Waals surface area contributed by atoms with Crippen molar-refractivity contribution in [3.05, 3.63) is 52.1 Å². The van der Waals surface area contributed by atoms with Gasteiger partial charge in [-0.2, -0.15) is 0 Å². The molecule has 150 valence electrons. The molecular weight excluding hydrogens is 436 g/mol. The summed E-state index contributed by atoms with van der Waals surface area (Å²) in [5.41, 5.74) is 0.727. The van der Waals surface area contributed by atoms with Gasteiger partial charge in [-0.3, -0.25) is 19.3 Å². The van der Waals surface area contributed by atoms with Crippen LogP contribution < -0.4 is 5.32 Å². The van der Waals surface area contributed by atoms with Gasteiger partial charge in [0.25, 0.3) is 5.91 Å². The molecule has 2 amide bonds. The van der Waals surface area contributed by atoms with Gasteiger partial charge in [0.15, 0.2) is 0 Å². The predicted molar refractivity (Wildman–Crippen MR) is 114 cm³/mol. The molecule has 2 aromatic rings. The molecule has 0 saturated carbocycles. The largest absolute Gasteiger partial charge is 0.480 e. The third kappa shape index (κ3) is 4.87. The second kappa shape index (κ2) is 8.81. The van der Waals surface area contributed by atoms with Crippen molar-refractivity contribution in [1.82, 2.24) is 10.2 Å². The van der Waals surface area contributed by atoms with Crippen molar-refractivity contribution in [2.75, 3.05) is 6.54 Å². The van der Waals surface area contributed by atoms with E-state index in [9.17, 15) is 14.4 Å². The van der Waals surface area contributed by atoms with E-state index in [2.05, 4.69) is 5.32 Å². The number of rotatable bonds is 6. The second-order valence-corrected chi connectivity index (χ2v) is 8.16. The van der Waals surface area contributed by atoms with Gasteiger partial charge in [-0.15, -0.1) is 0 Å². The Hall–Kier alpha value is -2.62. The number of thiocarbonyl (C=S) groups is 1. The number of aliphatic carboxylic acids is 1. The minimum atomic E-state index is -1.17. The van der Waals surface area contributed by atoms with Crippen molar-refractivity contribution in [1.29, 1.82) is 0 Å². The highest BCUT2D eigenvalue weighted by Gasteiger charge is 2.34. The number of furan rings is 1. The van der Waals surface area contributed by atoms with E-state index >= 15 is 0 Å². The Labute approximate surface area is 180 Å². The molecule has 0 radical (unpaired) electrons. The van der Waals surface area contributed by atoms with Crippen LogP contribution in [0, 0.1) is 0 Å². The van der Waals surface area contributed by atoms with E-state index in [-0.39, 0.29) is 10.9 Å². The zero-order valence-corrected chi connectivity index (χ0v) is 17.4. The first kappa shape index (κ1) is 21.1. The summed E-state index contributed by atoms with van der Waals surface area (Å²) in [4.78, 5) is 36.8. The molecule has 0 spiro atoms. The van der Waals surface area contributed by atoms with Gasteiger partial charge < -0.3 is 14.8 Å². The highest BCUT2D eigenvalue weighted by Crippen LogP contribution is 2.34. The van der Waals surface area contributed by atoms with Gasteiger partial charge in [0.05, 0.1) is 9.93 Å². The van der Waals surface area contributed by atoms with E-state index in [0.717, 1.165) is 22.2 Å². The maximum absolute atomic E-state index is 12.6. The van der Waals surface area contributed by atoms with E-state index in [1.807, 2.05) is 18.2 Å². The van der Waals surface area contributed by atoms with E-state index in [1.54, 1.807) is 18.2 Å². The molecular formula is C19H15ClN2O5S2. The number of hydrogen-bond donors (Lipinski definition) is 2. The third-order valence-corrected chi connectivity index (χ3v) is 5.67. The first-order valence-electron chi connectivity index (χ1n) is 8.38. The molecule has 29 heavy (non-hydrogen) atoms. The second-order valence-electron chi connectivity index (χ2n) is 6.08. The maximum Gasteiger partial charge on any atom is 0.325 e. The Bertz CT molecular complexity index is 1030. The van der Waals surface area contributed by atoms with Crippen LogP contribution in [0.1, 0.15) is 12.7 Å². The molecule has 1 aliphatic heterocycles. The van der Waals surface area contributed by atoms with Gasteiger partial charge in [0.2, 0.25) is 5.91 Å². The highest BCUT2D eigenvalue weighted by molar-refractivity contribution is 8.26. The molecule has 1 saturated heterocycles. The normalized spacial score (nSPS) is 16.3. The fourth-order valence-corrected chi connectivity index (χ4v) is 3.96. The van der Waals surface area contributed by atoms with Crippen molar-refractivity contribution in [3.8, 4) is 11.3 Å². The lowest BCUT2D eigenvalue weighted by Crippen LogP contribution is -2.45. The molecule has 1 aromatic carbocycles. The quantitative estimate of drug-likeness (QED) is 0.514. The Morgan fingerprint density at radius 3 is 2.76 bits per heavy atom. The van der Waals surface area contributed by atoms with Crippen molar-refractivity contribution < 1.29 is 23.9 Å². The monoisotopic (exact) mass is 450 g/mol. The van der Waals surface area contributed by atoms with Crippen LogP contribution in [0.5, 0.6) is 0 Å². The molecule has 0 aliphatic carbocycles. The number of carbonyl (C=O) groups is 3. The predicted octanol–water partition coefficient (Wildman–Crippen LogP) is 3.39. The minimum absolute atomic E-state index is 0.206.